The van der Waals surface area contributed by atoms with Gasteiger partial charge in [-0.1, -0.05) is 12.1 Å². The van der Waals surface area contributed by atoms with E-state index < -0.39 is 0 Å². The number of benzene rings is 1. The van der Waals surface area contributed by atoms with Crippen molar-refractivity contribution in [3.63, 3.8) is 0 Å². The van der Waals surface area contributed by atoms with Crippen LogP contribution in [0.25, 0.3) is 10.2 Å². The maximum absolute atomic E-state index is 5.61. The number of fused-ring (bicyclic) bond motifs is 1. The van der Waals surface area contributed by atoms with Gasteiger partial charge in [0.2, 0.25) is 0 Å². The summed E-state index contributed by atoms with van der Waals surface area (Å²) in [5.74, 6) is 3.07. The Morgan fingerprint density at radius 2 is 2.08 bits per heavy atom. The summed E-state index contributed by atoms with van der Waals surface area (Å²) in [5, 5.41) is 3.21. The number of anilines is 1. The molecule has 0 amide bonds. The molecule has 0 aliphatic carbocycles. The van der Waals surface area contributed by atoms with Gasteiger partial charge in [-0.2, -0.15) is 0 Å². The highest BCUT2D eigenvalue weighted by Crippen LogP contribution is 2.40. The molecule has 0 radical (unpaired) electrons. The fourth-order valence-electron chi connectivity index (χ4n) is 3.47. The minimum absolute atomic E-state index is 0.402. The molecule has 3 aromatic rings. The van der Waals surface area contributed by atoms with Gasteiger partial charge >= 0.3 is 0 Å². The summed E-state index contributed by atoms with van der Waals surface area (Å²) in [6.07, 6.45) is 2.73. The van der Waals surface area contributed by atoms with Gasteiger partial charge in [0.1, 0.15) is 17.0 Å². The van der Waals surface area contributed by atoms with Gasteiger partial charge < -0.3 is 14.4 Å². The van der Waals surface area contributed by atoms with Gasteiger partial charge in [0.15, 0.2) is 11.5 Å². The Kier molecular flexibility index (Phi) is 3.98. The molecule has 0 N–H and O–H groups in total. The minimum atomic E-state index is 0.402. The number of aromatic nitrogens is 2. The molecule has 2 aromatic heterocycles. The molecule has 124 valence electrons. The summed E-state index contributed by atoms with van der Waals surface area (Å²) in [6, 6.07) is 8.21. The lowest BCUT2D eigenvalue weighted by Crippen LogP contribution is -2.20. The van der Waals surface area contributed by atoms with Crippen molar-refractivity contribution in [2.45, 2.75) is 12.3 Å². The zero-order valence-electron chi connectivity index (χ0n) is 13.7. The van der Waals surface area contributed by atoms with Crippen LogP contribution in [0.2, 0.25) is 0 Å². The van der Waals surface area contributed by atoms with Crippen LogP contribution in [0.1, 0.15) is 17.9 Å². The van der Waals surface area contributed by atoms with Gasteiger partial charge in [-0.15, -0.1) is 11.3 Å². The summed E-state index contributed by atoms with van der Waals surface area (Å²) in [6.45, 7) is 1.90. The Morgan fingerprint density at radius 3 is 2.92 bits per heavy atom. The first-order valence-electron chi connectivity index (χ1n) is 7.96. The van der Waals surface area contributed by atoms with Crippen molar-refractivity contribution in [2.75, 3.05) is 32.2 Å². The van der Waals surface area contributed by atoms with Gasteiger partial charge in [0.05, 0.1) is 19.6 Å². The summed E-state index contributed by atoms with van der Waals surface area (Å²) in [4.78, 5) is 12.3. The zero-order chi connectivity index (χ0) is 16.5. The van der Waals surface area contributed by atoms with E-state index in [9.17, 15) is 0 Å². The largest absolute Gasteiger partial charge is 0.493 e. The molecule has 1 saturated heterocycles. The lowest BCUT2D eigenvalue weighted by atomic mass is 9.97. The minimum Gasteiger partial charge on any atom is -0.493 e. The average Bonchev–Trinajstić information content (AvgIpc) is 3.29. The number of para-hydroxylation sites is 1. The number of ether oxygens (including phenoxy) is 2. The second-order valence-corrected chi connectivity index (χ2v) is 6.75. The van der Waals surface area contributed by atoms with E-state index in [-0.39, 0.29) is 0 Å². The first kappa shape index (κ1) is 15.2. The lowest BCUT2D eigenvalue weighted by molar-refractivity contribution is 0.350. The number of hydrogen-bond acceptors (Lipinski definition) is 6. The number of nitrogens with zero attached hydrogens (tertiary/aromatic N) is 3. The third kappa shape index (κ3) is 2.47. The highest BCUT2D eigenvalue weighted by molar-refractivity contribution is 7.16. The predicted octanol–water partition coefficient (Wildman–Crippen LogP) is 3.70. The third-order valence-electron chi connectivity index (χ3n) is 4.60. The van der Waals surface area contributed by atoms with E-state index in [1.165, 1.54) is 5.56 Å². The van der Waals surface area contributed by atoms with Crippen LogP contribution in [0.3, 0.4) is 0 Å². The molecule has 1 aliphatic rings. The first-order chi connectivity index (χ1) is 11.8. The zero-order valence-corrected chi connectivity index (χ0v) is 14.5. The van der Waals surface area contributed by atoms with Gasteiger partial charge in [-0.25, -0.2) is 9.97 Å². The summed E-state index contributed by atoms with van der Waals surface area (Å²) in [5.41, 5.74) is 1.20. The highest BCUT2D eigenvalue weighted by Gasteiger charge is 2.29. The Hall–Kier alpha value is -2.34. The van der Waals surface area contributed by atoms with Crippen LogP contribution in [0.4, 0.5) is 5.82 Å². The molecular weight excluding hydrogens is 322 g/mol. The predicted molar refractivity (Wildman–Crippen MR) is 96.5 cm³/mol. The Bertz CT molecular complexity index is 864. The van der Waals surface area contributed by atoms with Crippen molar-refractivity contribution in [3.05, 3.63) is 41.5 Å². The monoisotopic (exact) mass is 341 g/mol. The quantitative estimate of drug-likeness (QED) is 0.724. The van der Waals surface area contributed by atoms with E-state index in [1.54, 1.807) is 31.9 Å². The Labute approximate surface area is 144 Å². The molecule has 1 unspecified atom stereocenters. The molecule has 24 heavy (non-hydrogen) atoms. The summed E-state index contributed by atoms with van der Waals surface area (Å²) < 4.78 is 11.0. The molecule has 0 spiro atoms. The SMILES string of the molecule is COc1cccc(C2CCN(c3ncnc4sccc34)C2)c1OC. The maximum atomic E-state index is 5.61. The van der Waals surface area contributed by atoms with E-state index in [0.717, 1.165) is 47.0 Å². The van der Waals surface area contributed by atoms with Crippen LogP contribution in [-0.4, -0.2) is 37.3 Å². The van der Waals surface area contributed by atoms with Gasteiger partial charge in [-0.05, 0) is 23.9 Å². The molecule has 5 nitrogen and oxygen atoms in total. The smallest absolute Gasteiger partial charge is 0.164 e. The van der Waals surface area contributed by atoms with Crippen LogP contribution >= 0.6 is 11.3 Å². The normalized spacial score (nSPS) is 17.4. The lowest BCUT2D eigenvalue weighted by Gasteiger charge is -2.20. The van der Waals surface area contributed by atoms with Crippen LogP contribution in [0.15, 0.2) is 36.0 Å². The van der Waals surface area contributed by atoms with E-state index in [0.29, 0.717) is 5.92 Å². The molecule has 4 rings (SSSR count). The maximum Gasteiger partial charge on any atom is 0.164 e. The van der Waals surface area contributed by atoms with Crippen molar-refractivity contribution in [1.82, 2.24) is 9.97 Å². The number of methoxy groups -OCH3 is 2. The molecule has 0 saturated carbocycles. The molecule has 1 aliphatic heterocycles. The van der Waals surface area contributed by atoms with Crippen molar-refractivity contribution < 1.29 is 9.47 Å². The van der Waals surface area contributed by atoms with Crippen molar-refractivity contribution in [3.8, 4) is 11.5 Å². The van der Waals surface area contributed by atoms with Crippen molar-refractivity contribution in [1.29, 1.82) is 0 Å². The van der Waals surface area contributed by atoms with E-state index >= 15 is 0 Å². The van der Waals surface area contributed by atoms with Gasteiger partial charge in [-0.3, -0.25) is 0 Å². The average molecular weight is 341 g/mol. The summed E-state index contributed by atoms with van der Waals surface area (Å²) >= 11 is 1.65. The Morgan fingerprint density at radius 1 is 1.17 bits per heavy atom. The topological polar surface area (TPSA) is 47.5 Å². The second-order valence-electron chi connectivity index (χ2n) is 5.85. The van der Waals surface area contributed by atoms with E-state index in [1.807, 2.05) is 12.1 Å². The first-order valence-corrected chi connectivity index (χ1v) is 8.84. The van der Waals surface area contributed by atoms with Crippen LogP contribution in [0.5, 0.6) is 11.5 Å². The van der Waals surface area contributed by atoms with Crippen molar-refractivity contribution in [2.24, 2.45) is 0 Å². The highest BCUT2D eigenvalue weighted by atomic mass is 32.1. The molecule has 1 aromatic carbocycles. The Balaban J connectivity index is 1.65. The third-order valence-corrected chi connectivity index (χ3v) is 5.42. The number of thiophene rings is 1. The number of hydrogen-bond donors (Lipinski definition) is 0. The second kappa shape index (κ2) is 6.28. The molecule has 3 heterocycles. The molecule has 1 atom stereocenters. The van der Waals surface area contributed by atoms with Crippen LogP contribution < -0.4 is 14.4 Å². The number of rotatable bonds is 4. The van der Waals surface area contributed by atoms with Crippen LogP contribution in [0, 0.1) is 0 Å². The fourth-order valence-corrected chi connectivity index (χ4v) is 4.20. The molecule has 6 heteroatoms. The standard InChI is InChI=1S/C18H19N3O2S/c1-22-15-5-3-4-13(16(15)23-2)12-6-8-21(10-12)17-14-7-9-24-18(14)20-11-19-17/h3-5,7,9,11-12H,6,8,10H2,1-2H3. The summed E-state index contributed by atoms with van der Waals surface area (Å²) in [7, 11) is 3.38. The molecule has 1 fully saturated rings. The van der Waals surface area contributed by atoms with Crippen LogP contribution in [-0.2, 0) is 0 Å². The van der Waals surface area contributed by atoms with Gasteiger partial charge in [0, 0.05) is 24.6 Å². The van der Waals surface area contributed by atoms with E-state index in [4.69, 9.17) is 9.47 Å². The molecule has 0 bridgehead atoms. The fraction of sp³-hybridized carbons (Fsp3) is 0.333. The van der Waals surface area contributed by atoms with Crippen molar-refractivity contribution >= 4 is 27.4 Å². The molecular formula is C18H19N3O2S. The van der Waals surface area contributed by atoms with E-state index in [2.05, 4.69) is 32.4 Å². The van der Waals surface area contributed by atoms with Gasteiger partial charge in [0.25, 0.3) is 0 Å².